The Bertz CT molecular complexity index is 449. The number of aromatic nitrogens is 2. The second-order valence-electron chi connectivity index (χ2n) is 3.21. The quantitative estimate of drug-likeness (QED) is 0.549. The third-order valence-corrected chi connectivity index (χ3v) is 2.70. The van der Waals surface area contributed by atoms with Gasteiger partial charge in [-0.1, -0.05) is 0 Å². The van der Waals surface area contributed by atoms with Crippen molar-refractivity contribution in [1.82, 2.24) is 9.55 Å². The number of alkyl halides is 2. The topological polar surface area (TPSA) is 17.8 Å². The molecule has 1 aromatic heterocycles. The monoisotopic (exact) mass is 200 g/mol. The number of rotatable bonds is 0. The van der Waals surface area contributed by atoms with Crippen molar-refractivity contribution in [3.8, 4) is 0 Å². The lowest BCUT2D eigenvalue weighted by molar-refractivity contribution is 0.430. The summed E-state index contributed by atoms with van der Waals surface area (Å²) in [4.78, 5) is 4.21. The minimum Gasteiger partial charge on any atom is -0.332 e. The van der Waals surface area contributed by atoms with E-state index in [1.165, 1.54) is 6.08 Å². The van der Waals surface area contributed by atoms with Gasteiger partial charge >= 0.3 is 0 Å². The predicted molar refractivity (Wildman–Crippen MR) is 50.7 cm³/mol. The highest BCUT2D eigenvalue weighted by molar-refractivity contribution is 6.24. The van der Waals surface area contributed by atoms with Crippen LogP contribution in [-0.4, -0.2) is 21.1 Å². The molecule has 0 aromatic carbocycles. The number of nitrogens with zero attached hydrogens (tertiary/aromatic N) is 2. The molecular weight excluding hydrogens is 191 g/mol. The summed E-state index contributed by atoms with van der Waals surface area (Å²) in [6.45, 7) is 1.89. The van der Waals surface area contributed by atoms with Gasteiger partial charge in [-0.25, -0.2) is 9.37 Å². The molecule has 0 fully saturated rings. The third-order valence-electron chi connectivity index (χ3n) is 2.33. The van der Waals surface area contributed by atoms with Gasteiger partial charge in [-0.3, -0.25) is 0 Å². The molecule has 2 nitrogen and oxygen atoms in total. The van der Waals surface area contributed by atoms with Gasteiger partial charge in [-0.05, 0) is 19.1 Å². The molecule has 0 aliphatic heterocycles. The maximum Gasteiger partial charge on any atom is 0.141 e. The van der Waals surface area contributed by atoms with E-state index < -0.39 is 11.5 Å². The SMILES string of the molecule is Cc1nc2c(n1C)=CC(Cl)C(F)C=2. The van der Waals surface area contributed by atoms with Crippen molar-refractivity contribution in [2.75, 3.05) is 0 Å². The lowest BCUT2D eigenvalue weighted by Crippen LogP contribution is -2.37. The average Bonchev–Trinajstić information content (AvgIpc) is 2.32. The lowest BCUT2D eigenvalue weighted by atomic mass is 10.2. The van der Waals surface area contributed by atoms with Crippen molar-refractivity contribution in [1.29, 1.82) is 0 Å². The Kier molecular flexibility index (Phi) is 1.91. The number of aryl methyl sites for hydroxylation is 1. The summed E-state index contributed by atoms with van der Waals surface area (Å²) in [6.07, 6.45) is 2.06. The Morgan fingerprint density at radius 3 is 2.92 bits per heavy atom. The molecule has 2 rings (SSSR count). The summed E-state index contributed by atoms with van der Waals surface area (Å²) in [5.74, 6) is 0.871. The molecule has 0 saturated carbocycles. The van der Waals surface area contributed by atoms with Gasteiger partial charge in [0.05, 0.1) is 16.1 Å². The van der Waals surface area contributed by atoms with Crippen molar-refractivity contribution in [3.63, 3.8) is 0 Å². The Balaban J connectivity index is 2.77. The molecule has 13 heavy (non-hydrogen) atoms. The highest BCUT2D eigenvalue weighted by Gasteiger charge is 2.18. The summed E-state index contributed by atoms with van der Waals surface area (Å²) in [6, 6.07) is 0. The maximum absolute atomic E-state index is 13.1. The van der Waals surface area contributed by atoms with Crippen LogP contribution in [-0.2, 0) is 7.05 Å². The maximum atomic E-state index is 13.1. The van der Waals surface area contributed by atoms with Crippen molar-refractivity contribution < 1.29 is 4.39 Å². The smallest absolute Gasteiger partial charge is 0.141 e. The minimum absolute atomic E-state index is 0.567. The fraction of sp³-hybridized carbons (Fsp3) is 0.444. The van der Waals surface area contributed by atoms with E-state index in [4.69, 9.17) is 11.6 Å². The van der Waals surface area contributed by atoms with E-state index in [9.17, 15) is 4.39 Å². The molecule has 1 aliphatic rings. The fourth-order valence-electron chi connectivity index (χ4n) is 1.46. The summed E-state index contributed by atoms with van der Waals surface area (Å²) >= 11 is 5.77. The molecule has 70 valence electrons. The van der Waals surface area contributed by atoms with E-state index in [1.54, 1.807) is 6.08 Å². The van der Waals surface area contributed by atoms with Crippen molar-refractivity contribution in [2.45, 2.75) is 18.5 Å². The van der Waals surface area contributed by atoms with Gasteiger partial charge in [-0.2, -0.15) is 0 Å². The van der Waals surface area contributed by atoms with Crippen LogP contribution in [0.4, 0.5) is 4.39 Å². The lowest BCUT2D eigenvalue weighted by Gasteiger charge is -2.08. The number of hydrogen-bond donors (Lipinski definition) is 0. The normalized spacial score (nSPS) is 26.2. The number of imidazole rings is 1. The fourth-order valence-corrected chi connectivity index (χ4v) is 1.65. The van der Waals surface area contributed by atoms with E-state index in [1.807, 2.05) is 18.5 Å². The third kappa shape index (κ3) is 1.27. The van der Waals surface area contributed by atoms with Crippen LogP contribution in [0.15, 0.2) is 0 Å². The first-order valence-electron chi connectivity index (χ1n) is 4.11. The molecule has 0 amide bonds. The molecule has 0 N–H and O–H groups in total. The Morgan fingerprint density at radius 1 is 1.54 bits per heavy atom. The first-order valence-corrected chi connectivity index (χ1v) is 4.54. The largest absolute Gasteiger partial charge is 0.332 e. The molecule has 1 heterocycles. The average molecular weight is 201 g/mol. The van der Waals surface area contributed by atoms with Crippen LogP contribution in [0, 0.1) is 6.92 Å². The minimum atomic E-state index is -1.12. The van der Waals surface area contributed by atoms with Gasteiger partial charge in [0.25, 0.3) is 0 Å². The Morgan fingerprint density at radius 2 is 2.23 bits per heavy atom. The molecule has 2 unspecified atom stereocenters. The zero-order valence-electron chi connectivity index (χ0n) is 7.46. The molecule has 0 spiro atoms. The van der Waals surface area contributed by atoms with Crippen molar-refractivity contribution in [2.24, 2.45) is 7.05 Å². The number of halogens is 2. The van der Waals surface area contributed by atoms with Gasteiger partial charge in [0.1, 0.15) is 12.0 Å². The zero-order valence-corrected chi connectivity index (χ0v) is 8.22. The standard InChI is InChI=1S/C9H10ClFN2/c1-5-12-8-4-7(11)6(10)3-9(8)13(5)2/h3-4,6-7H,1-2H3. The second kappa shape index (κ2) is 2.84. The van der Waals surface area contributed by atoms with Crippen LogP contribution in [0.1, 0.15) is 5.82 Å². The Labute approximate surface area is 80.3 Å². The molecule has 0 saturated heterocycles. The summed E-state index contributed by atoms with van der Waals surface area (Å²) < 4.78 is 15.0. The van der Waals surface area contributed by atoms with Crippen LogP contribution in [0.3, 0.4) is 0 Å². The van der Waals surface area contributed by atoms with E-state index in [2.05, 4.69) is 4.98 Å². The second-order valence-corrected chi connectivity index (χ2v) is 3.71. The van der Waals surface area contributed by atoms with Crippen LogP contribution < -0.4 is 10.7 Å². The Hall–Kier alpha value is -0.830. The molecule has 1 aromatic rings. The predicted octanol–water partition coefficient (Wildman–Crippen LogP) is 0.249. The van der Waals surface area contributed by atoms with Crippen molar-refractivity contribution >= 4 is 23.8 Å². The van der Waals surface area contributed by atoms with E-state index in [0.29, 0.717) is 5.35 Å². The highest BCUT2D eigenvalue weighted by Crippen LogP contribution is 2.11. The van der Waals surface area contributed by atoms with Gasteiger partial charge in [0.15, 0.2) is 0 Å². The first-order chi connectivity index (χ1) is 6.09. The first kappa shape index (κ1) is 8.75. The van der Waals surface area contributed by atoms with E-state index in [-0.39, 0.29) is 0 Å². The van der Waals surface area contributed by atoms with Crippen LogP contribution >= 0.6 is 11.6 Å². The zero-order chi connectivity index (χ0) is 9.59. The molecular formula is C9H10ClFN2. The van der Waals surface area contributed by atoms with Gasteiger partial charge in [0, 0.05) is 7.05 Å². The van der Waals surface area contributed by atoms with E-state index >= 15 is 0 Å². The summed E-state index contributed by atoms with van der Waals surface area (Å²) in [5.41, 5.74) is 0. The summed E-state index contributed by atoms with van der Waals surface area (Å²) in [5, 5.41) is 1.04. The number of fused-ring (bicyclic) bond motifs is 1. The van der Waals surface area contributed by atoms with Gasteiger partial charge < -0.3 is 4.57 Å². The molecule has 1 aliphatic carbocycles. The van der Waals surface area contributed by atoms with Crippen LogP contribution in [0.5, 0.6) is 0 Å². The van der Waals surface area contributed by atoms with Gasteiger partial charge in [-0.15, -0.1) is 11.6 Å². The molecule has 2 atom stereocenters. The van der Waals surface area contributed by atoms with Crippen LogP contribution in [0.2, 0.25) is 0 Å². The molecule has 4 heteroatoms. The highest BCUT2D eigenvalue weighted by atomic mass is 35.5. The molecule has 0 bridgehead atoms. The van der Waals surface area contributed by atoms with Crippen molar-refractivity contribution in [3.05, 3.63) is 16.5 Å². The van der Waals surface area contributed by atoms with Crippen LogP contribution in [0.25, 0.3) is 12.2 Å². The summed E-state index contributed by atoms with van der Waals surface area (Å²) in [7, 11) is 1.90. The van der Waals surface area contributed by atoms with E-state index in [0.717, 1.165) is 11.2 Å². The number of hydrogen-bond acceptors (Lipinski definition) is 1. The molecule has 0 radical (unpaired) electrons. The van der Waals surface area contributed by atoms with Gasteiger partial charge in [0.2, 0.25) is 0 Å².